The summed E-state index contributed by atoms with van der Waals surface area (Å²) in [6.07, 6.45) is 0.709. The highest BCUT2D eigenvalue weighted by atomic mass is 32.2. The van der Waals surface area contributed by atoms with Gasteiger partial charge in [-0.1, -0.05) is 42.5 Å². The molecule has 1 spiro atoms. The van der Waals surface area contributed by atoms with Crippen LogP contribution in [0.2, 0.25) is 0 Å². The number of nitrogens with one attached hydrogen (secondary N) is 1. The van der Waals surface area contributed by atoms with E-state index in [2.05, 4.69) is 5.32 Å². The van der Waals surface area contributed by atoms with Crippen molar-refractivity contribution in [2.45, 2.75) is 79.7 Å². The lowest BCUT2D eigenvalue weighted by Gasteiger charge is -2.38. The van der Waals surface area contributed by atoms with E-state index in [0.29, 0.717) is 19.3 Å². The lowest BCUT2D eigenvalue weighted by Crippen LogP contribution is -2.50. The third-order valence-electron chi connectivity index (χ3n) is 9.12. The first kappa shape index (κ1) is 38.7. The molecule has 3 aromatic carbocycles. The molecule has 2 atom stereocenters. The Labute approximate surface area is 301 Å². The number of nitrogens with zero attached hydrogens (tertiary/aromatic N) is 2. The molecule has 2 aliphatic heterocycles. The number of hydrogen-bond donors (Lipinski definition) is 2. The molecule has 12 nitrogen and oxygen atoms in total. The average Bonchev–Trinajstić information content (AvgIpc) is 3.48. The molecule has 1 unspecified atom stereocenters. The van der Waals surface area contributed by atoms with Crippen LogP contribution in [0.4, 0.5) is 4.79 Å². The number of benzene rings is 3. The van der Waals surface area contributed by atoms with E-state index in [9.17, 15) is 26.7 Å². The Morgan fingerprint density at radius 2 is 1.67 bits per heavy atom. The van der Waals surface area contributed by atoms with Crippen LogP contribution < -0.4 is 10.1 Å². The molecule has 2 fully saturated rings. The summed E-state index contributed by atoms with van der Waals surface area (Å²) < 4.78 is 70.7. The highest BCUT2D eigenvalue weighted by molar-refractivity contribution is 7.90. The van der Waals surface area contributed by atoms with Gasteiger partial charge in [-0.05, 0) is 94.1 Å². The summed E-state index contributed by atoms with van der Waals surface area (Å²) >= 11 is 0. The van der Waals surface area contributed by atoms with E-state index in [-0.39, 0.29) is 48.4 Å². The van der Waals surface area contributed by atoms with Crippen LogP contribution in [0, 0.1) is 0 Å². The van der Waals surface area contributed by atoms with E-state index < -0.39 is 49.3 Å². The number of hydrogen-bond acceptors (Lipinski definition) is 10. The zero-order chi connectivity index (χ0) is 37.0. The molecule has 0 radical (unpaired) electrons. The quantitative estimate of drug-likeness (QED) is 0.272. The summed E-state index contributed by atoms with van der Waals surface area (Å²) in [6.45, 7) is 6.44. The van der Waals surface area contributed by atoms with Gasteiger partial charge in [-0.25, -0.2) is 21.6 Å². The molecular weight excluding hydrogens is 695 g/mol. The Bertz CT molecular complexity index is 1890. The van der Waals surface area contributed by atoms with Gasteiger partial charge in [0.2, 0.25) is 10.0 Å². The van der Waals surface area contributed by atoms with Gasteiger partial charge in [0.1, 0.15) is 24.1 Å². The van der Waals surface area contributed by atoms with Crippen LogP contribution in [0.3, 0.4) is 0 Å². The molecule has 0 aliphatic carbocycles. The van der Waals surface area contributed by atoms with Crippen molar-refractivity contribution >= 4 is 26.0 Å². The minimum Gasteiger partial charge on any atom is -0.491 e. The third kappa shape index (κ3) is 9.87. The van der Waals surface area contributed by atoms with Gasteiger partial charge in [0.25, 0.3) is 0 Å². The van der Waals surface area contributed by atoms with Crippen molar-refractivity contribution in [1.82, 2.24) is 14.5 Å². The number of ether oxygens (including phenoxy) is 3. The van der Waals surface area contributed by atoms with E-state index in [1.54, 1.807) is 51.1 Å². The lowest BCUT2D eigenvalue weighted by molar-refractivity contribution is -0.0329. The number of rotatable bonds is 12. The van der Waals surface area contributed by atoms with Crippen LogP contribution in [-0.4, -0.2) is 107 Å². The molecule has 2 saturated heterocycles. The summed E-state index contributed by atoms with van der Waals surface area (Å²) in [7, 11) is -5.33. The Kier molecular flexibility index (Phi) is 11.8. The Hall–Kier alpha value is -3.53. The number of sulfone groups is 1. The smallest absolute Gasteiger partial charge is 0.410 e. The van der Waals surface area contributed by atoms with Gasteiger partial charge in [0, 0.05) is 25.9 Å². The van der Waals surface area contributed by atoms with Crippen molar-refractivity contribution < 1.29 is 40.9 Å². The highest BCUT2D eigenvalue weighted by Gasteiger charge is 2.48. The normalized spacial score (nSPS) is 18.7. The summed E-state index contributed by atoms with van der Waals surface area (Å²) in [5.74, 6) is 0.274. The van der Waals surface area contributed by atoms with Crippen molar-refractivity contribution in [3.63, 3.8) is 0 Å². The summed E-state index contributed by atoms with van der Waals surface area (Å²) in [6, 6.07) is 20.6. The molecule has 0 saturated carbocycles. The van der Waals surface area contributed by atoms with Gasteiger partial charge in [-0.15, -0.1) is 0 Å². The zero-order valence-corrected chi connectivity index (χ0v) is 31.5. The standard InChI is InChI=1S/C37H49N3O9S2/c1-36(2,3)49-35(42)40(24-31(41)26-47-32-9-7-10-33(21-32)50(5,43)44)30-22-37(48-25-30)16-18-39(19-17-37)51(45,46)34-11-6-8-29(20-34)28-14-12-27(13-15-28)23-38-4/h6-15,20-21,30-31,38,41H,16-19,22-26H2,1-5H3/t30?,31-/m0/s1. The molecule has 278 valence electrons. The number of aliphatic hydroxyl groups excluding tert-OH is 1. The van der Waals surface area contributed by atoms with E-state index in [4.69, 9.17) is 14.2 Å². The van der Waals surface area contributed by atoms with Gasteiger partial charge in [-0.2, -0.15) is 4.31 Å². The molecular formula is C37H49N3O9S2. The van der Waals surface area contributed by atoms with E-state index in [0.717, 1.165) is 29.5 Å². The molecule has 0 aromatic heterocycles. The van der Waals surface area contributed by atoms with Crippen molar-refractivity contribution in [1.29, 1.82) is 0 Å². The fourth-order valence-corrected chi connectivity index (χ4v) is 8.61. The van der Waals surface area contributed by atoms with Crippen molar-refractivity contribution in [3.8, 4) is 16.9 Å². The average molecular weight is 744 g/mol. The van der Waals surface area contributed by atoms with E-state index in [1.807, 2.05) is 37.4 Å². The molecule has 14 heteroatoms. The second-order valence-corrected chi connectivity index (χ2v) is 18.3. The maximum Gasteiger partial charge on any atom is 0.410 e. The first-order chi connectivity index (χ1) is 24.0. The van der Waals surface area contributed by atoms with Gasteiger partial charge < -0.3 is 29.5 Å². The first-order valence-electron chi connectivity index (χ1n) is 17.1. The fraction of sp³-hybridized carbons (Fsp3) is 0.486. The number of carbonyl (C=O) groups is 1. The van der Waals surface area contributed by atoms with Crippen LogP contribution >= 0.6 is 0 Å². The van der Waals surface area contributed by atoms with Crippen LogP contribution in [-0.2, 0) is 35.9 Å². The monoisotopic (exact) mass is 743 g/mol. The number of piperidine rings is 1. The molecule has 3 aromatic rings. The largest absolute Gasteiger partial charge is 0.491 e. The minimum atomic E-state index is -3.77. The number of carbonyl (C=O) groups excluding carboxylic acids is 1. The number of sulfonamides is 1. The van der Waals surface area contributed by atoms with Crippen LogP contribution in [0.1, 0.15) is 45.6 Å². The molecule has 2 N–H and O–H groups in total. The van der Waals surface area contributed by atoms with Gasteiger partial charge in [-0.3, -0.25) is 0 Å². The molecule has 2 heterocycles. The molecule has 0 bridgehead atoms. The second-order valence-electron chi connectivity index (χ2n) is 14.4. The molecule has 5 rings (SSSR count). The van der Waals surface area contributed by atoms with Crippen LogP contribution in [0.25, 0.3) is 11.1 Å². The van der Waals surface area contributed by atoms with Gasteiger partial charge >= 0.3 is 6.09 Å². The first-order valence-corrected chi connectivity index (χ1v) is 20.4. The highest BCUT2D eigenvalue weighted by Crippen LogP contribution is 2.39. The molecule has 1 amide bonds. The summed E-state index contributed by atoms with van der Waals surface area (Å²) in [4.78, 5) is 15.2. The summed E-state index contributed by atoms with van der Waals surface area (Å²) in [5, 5.41) is 14.1. The molecule has 51 heavy (non-hydrogen) atoms. The predicted octanol–water partition coefficient (Wildman–Crippen LogP) is 4.47. The summed E-state index contributed by atoms with van der Waals surface area (Å²) in [5.41, 5.74) is 1.47. The minimum absolute atomic E-state index is 0.0942. The number of aliphatic hydroxyl groups is 1. The Morgan fingerprint density at radius 1 is 1.00 bits per heavy atom. The van der Waals surface area contributed by atoms with E-state index in [1.165, 1.54) is 21.3 Å². The fourth-order valence-electron chi connectivity index (χ4n) is 6.47. The van der Waals surface area contributed by atoms with E-state index >= 15 is 0 Å². The maximum absolute atomic E-state index is 13.8. The zero-order valence-electron chi connectivity index (χ0n) is 29.9. The van der Waals surface area contributed by atoms with Crippen molar-refractivity contribution in [3.05, 3.63) is 78.4 Å². The topological polar surface area (TPSA) is 152 Å². The van der Waals surface area contributed by atoms with Crippen molar-refractivity contribution in [2.75, 3.05) is 46.2 Å². The SMILES string of the molecule is CNCc1ccc(-c2cccc(S(=O)(=O)N3CCC4(CC3)CC(N(C[C@H](O)COc3cccc(S(C)(=O)=O)c3)C(=O)OC(C)(C)C)CO4)c2)cc1. The lowest BCUT2D eigenvalue weighted by atomic mass is 9.88. The predicted molar refractivity (Wildman–Crippen MR) is 194 cm³/mol. The second kappa shape index (κ2) is 15.6. The van der Waals surface area contributed by atoms with Gasteiger partial charge in [0.15, 0.2) is 9.84 Å². The van der Waals surface area contributed by atoms with Gasteiger partial charge in [0.05, 0.1) is 34.6 Å². The maximum atomic E-state index is 13.8. The Morgan fingerprint density at radius 3 is 2.31 bits per heavy atom. The third-order valence-corrected chi connectivity index (χ3v) is 12.1. The van der Waals surface area contributed by atoms with Crippen molar-refractivity contribution in [2.24, 2.45) is 0 Å². The Balaban J connectivity index is 1.23. The van der Waals surface area contributed by atoms with Crippen LogP contribution in [0.15, 0.2) is 82.6 Å². The number of amides is 1. The molecule has 2 aliphatic rings. The van der Waals surface area contributed by atoms with Crippen LogP contribution in [0.5, 0.6) is 5.75 Å².